The van der Waals surface area contributed by atoms with Crippen LogP contribution in [-0.4, -0.2) is 9.97 Å². The van der Waals surface area contributed by atoms with Crippen LogP contribution < -0.4 is 0 Å². The number of fused-ring (bicyclic) bond motifs is 6. The van der Waals surface area contributed by atoms with Crippen molar-refractivity contribution in [2.75, 3.05) is 0 Å². The largest absolute Gasteiger partial charge is 0.455 e. The summed E-state index contributed by atoms with van der Waals surface area (Å²) in [5, 5.41) is 4.24. The minimum atomic E-state index is 0.837. The molecular formula is C48H30N2O. The summed E-state index contributed by atoms with van der Waals surface area (Å²) in [7, 11) is 0. The van der Waals surface area contributed by atoms with E-state index < -0.39 is 0 Å². The van der Waals surface area contributed by atoms with Crippen LogP contribution in [0.5, 0.6) is 0 Å². The van der Waals surface area contributed by atoms with E-state index in [-0.39, 0.29) is 0 Å². The second-order valence-electron chi connectivity index (χ2n) is 13.0. The van der Waals surface area contributed by atoms with Crippen LogP contribution in [0.25, 0.3) is 99.6 Å². The predicted molar refractivity (Wildman–Crippen MR) is 212 cm³/mol. The maximum atomic E-state index is 6.71. The summed E-state index contributed by atoms with van der Waals surface area (Å²) in [6, 6.07) is 63.7. The van der Waals surface area contributed by atoms with Gasteiger partial charge in [0, 0.05) is 38.2 Å². The molecule has 0 N–H and O–H groups in total. The lowest BCUT2D eigenvalue weighted by molar-refractivity contribution is 0.670. The molecule has 3 nitrogen and oxygen atoms in total. The molecule has 3 aromatic heterocycles. The lowest BCUT2D eigenvalue weighted by atomic mass is 9.94. The van der Waals surface area contributed by atoms with Gasteiger partial charge in [-0.05, 0) is 58.1 Å². The van der Waals surface area contributed by atoms with E-state index >= 15 is 0 Å². The molecule has 0 fully saturated rings. The quantitative estimate of drug-likeness (QED) is 0.174. The second kappa shape index (κ2) is 11.9. The molecule has 0 aliphatic heterocycles. The van der Waals surface area contributed by atoms with E-state index in [1.807, 2.05) is 12.1 Å². The Morgan fingerprint density at radius 2 is 0.882 bits per heavy atom. The van der Waals surface area contributed by atoms with Crippen LogP contribution in [0.1, 0.15) is 0 Å². The SMILES string of the molecule is c1ccc(-c2ccc(-c3ccc4ccc5ccc(-c6cccc7oc8c(-c9ccccc9)cc(-c9ccccc9)cc8c67)nc5c4n3)cc2)cc1. The predicted octanol–water partition coefficient (Wildman–Crippen LogP) is 13.0. The first kappa shape index (κ1) is 29.1. The van der Waals surface area contributed by atoms with Gasteiger partial charge in [0.1, 0.15) is 11.2 Å². The molecular weight excluding hydrogens is 621 g/mol. The smallest absolute Gasteiger partial charge is 0.143 e. The summed E-state index contributed by atoms with van der Waals surface area (Å²) < 4.78 is 6.71. The van der Waals surface area contributed by atoms with Crippen molar-refractivity contribution in [3.05, 3.63) is 182 Å². The highest BCUT2D eigenvalue weighted by Gasteiger charge is 2.19. The van der Waals surface area contributed by atoms with Crippen molar-refractivity contribution in [3.63, 3.8) is 0 Å². The number of hydrogen-bond acceptors (Lipinski definition) is 3. The topological polar surface area (TPSA) is 38.9 Å². The average molecular weight is 651 g/mol. The summed E-state index contributed by atoms with van der Waals surface area (Å²) in [5.41, 5.74) is 14.3. The van der Waals surface area contributed by atoms with E-state index in [1.165, 1.54) is 11.1 Å². The number of furan rings is 1. The lowest BCUT2D eigenvalue weighted by Crippen LogP contribution is -1.91. The first-order chi connectivity index (χ1) is 25.3. The first-order valence-corrected chi connectivity index (χ1v) is 17.2. The summed E-state index contributed by atoms with van der Waals surface area (Å²) in [4.78, 5) is 10.6. The van der Waals surface area contributed by atoms with Gasteiger partial charge in [0.05, 0.1) is 22.4 Å². The van der Waals surface area contributed by atoms with Gasteiger partial charge in [-0.15, -0.1) is 0 Å². The minimum absolute atomic E-state index is 0.837. The molecule has 10 rings (SSSR count). The number of hydrogen-bond donors (Lipinski definition) is 0. The lowest BCUT2D eigenvalue weighted by Gasteiger charge is -2.10. The van der Waals surface area contributed by atoms with Crippen LogP contribution in [0.15, 0.2) is 186 Å². The number of aromatic nitrogens is 2. The maximum Gasteiger partial charge on any atom is 0.143 e. The Kier molecular flexibility index (Phi) is 6.81. The van der Waals surface area contributed by atoms with E-state index in [4.69, 9.17) is 14.4 Å². The van der Waals surface area contributed by atoms with Crippen molar-refractivity contribution < 1.29 is 4.42 Å². The zero-order valence-electron chi connectivity index (χ0n) is 27.6. The van der Waals surface area contributed by atoms with Crippen molar-refractivity contribution in [3.8, 4) is 55.9 Å². The number of benzene rings is 7. The highest BCUT2D eigenvalue weighted by Crippen LogP contribution is 2.43. The Labute approximate surface area is 295 Å². The van der Waals surface area contributed by atoms with Gasteiger partial charge in [-0.2, -0.15) is 0 Å². The minimum Gasteiger partial charge on any atom is -0.455 e. The van der Waals surface area contributed by atoms with Crippen LogP contribution in [0.3, 0.4) is 0 Å². The normalized spacial score (nSPS) is 11.5. The van der Waals surface area contributed by atoms with Gasteiger partial charge < -0.3 is 4.42 Å². The van der Waals surface area contributed by atoms with Gasteiger partial charge in [-0.3, -0.25) is 0 Å². The van der Waals surface area contributed by atoms with E-state index in [0.29, 0.717) is 0 Å². The van der Waals surface area contributed by atoms with Gasteiger partial charge in [0.25, 0.3) is 0 Å². The third-order valence-corrected chi connectivity index (χ3v) is 9.87. The van der Waals surface area contributed by atoms with E-state index in [2.05, 4.69) is 170 Å². The van der Waals surface area contributed by atoms with Crippen LogP contribution in [-0.2, 0) is 0 Å². The van der Waals surface area contributed by atoms with Crippen LogP contribution >= 0.6 is 0 Å². The molecule has 0 saturated carbocycles. The molecule has 10 aromatic rings. The van der Waals surface area contributed by atoms with E-state index in [0.717, 1.165) is 88.5 Å². The molecule has 0 amide bonds. The molecule has 0 aliphatic carbocycles. The van der Waals surface area contributed by atoms with Crippen LogP contribution in [0.4, 0.5) is 0 Å². The molecule has 0 spiro atoms. The summed E-state index contributed by atoms with van der Waals surface area (Å²) in [5.74, 6) is 0. The number of pyridine rings is 2. The zero-order chi connectivity index (χ0) is 33.7. The average Bonchev–Trinajstić information content (AvgIpc) is 3.60. The summed E-state index contributed by atoms with van der Waals surface area (Å²) in [6.45, 7) is 0. The fraction of sp³-hybridized carbons (Fsp3) is 0. The van der Waals surface area contributed by atoms with E-state index in [1.54, 1.807) is 0 Å². The van der Waals surface area contributed by atoms with Crippen LogP contribution in [0.2, 0.25) is 0 Å². The molecule has 0 bridgehead atoms. The molecule has 3 heterocycles. The summed E-state index contributed by atoms with van der Waals surface area (Å²) in [6.07, 6.45) is 0. The number of rotatable bonds is 5. The first-order valence-electron chi connectivity index (χ1n) is 17.2. The van der Waals surface area contributed by atoms with Crippen molar-refractivity contribution in [1.82, 2.24) is 9.97 Å². The molecule has 0 saturated heterocycles. The standard InChI is InChI=1S/C48H30N2O/c1-4-11-31(12-5-1)33-19-21-35(22-20-33)42-27-25-36-23-24-37-26-28-43(50-47(37)46(36)49-42)39-17-10-18-44-45(39)41-30-38(32-13-6-2-7-14-32)29-40(48(41)51-44)34-15-8-3-9-16-34/h1-30H. The second-order valence-corrected chi connectivity index (χ2v) is 13.0. The van der Waals surface area contributed by atoms with Gasteiger partial charge in [-0.1, -0.05) is 152 Å². The van der Waals surface area contributed by atoms with Gasteiger partial charge in [0.2, 0.25) is 0 Å². The van der Waals surface area contributed by atoms with Gasteiger partial charge in [-0.25, -0.2) is 9.97 Å². The zero-order valence-corrected chi connectivity index (χ0v) is 27.6. The number of nitrogens with zero attached hydrogens (tertiary/aromatic N) is 2. The molecule has 51 heavy (non-hydrogen) atoms. The van der Waals surface area contributed by atoms with Crippen LogP contribution in [0, 0.1) is 0 Å². The molecule has 0 unspecified atom stereocenters. The Balaban J connectivity index is 1.15. The monoisotopic (exact) mass is 650 g/mol. The van der Waals surface area contributed by atoms with Crippen molar-refractivity contribution in [2.45, 2.75) is 0 Å². The fourth-order valence-corrected chi connectivity index (χ4v) is 7.31. The third-order valence-electron chi connectivity index (χ3n) is 9.87. The Hall–Kier alpha value is -6.84. The third kappa shape index (κ3) is 5.06. The maximum absolute atomic E-state index is 6.71. The van der Waals surface area contributed by atoms with E-state index in [9.17, 15) is 0 Å². The molecule has 0 atom stereocenters. The molecule has 238 valence electrons. The van der Waals surface area contributed by atoms with Crippen molar-refractivity contribution in [1.29, 1.82) is 0 Å². The molecule has 0 radical (unpaired) electrons. The Morgan fingerprint density at radius 3 is 1.55 bits per heavy atom. The highest BCUT2D eigenvalue weighted by molar-refractivity contribution is 6.17. The fourth-order valence-electron chi connectivity index (χ4n) is 7.31. The van der Waals surface area contributed by atoms with Crippen molar-refractivity contribution in [2.24, 2.45) is 0 Å². The van der Waals surface area contributed by atoms with Gasteiger partial charge in [0.15, 0.2) is 0 Å². The Bertz CT molecular complexity index is 2880. The summed E-state index contributed by atoms with van der Waals surface area (Å²) >= 11 is 0. The highest BCUT2D eigenvalue weighted by atomic mass is 16.3. The van der Waals surface area contributed by atoms with Crippen molar-refractivity contribution >= 4 is 43.7 Å². The Morgan fingerprint density at radius 1 is 0.353 bits per heavy atom. The molecule has 3 heteroatoms. The molecule has 0 aliphatic rings. The molecule has 7 aromatic carbocycles. The van der Waals surface area contributed by atoms with Gasteiger partial charge >= 0.3 is 0 Å².